The van der Waals surface area contributed by atoms with E-state index in [0.29, 0.717) is 6.04 Å². The normalized spacial score (nSPS) is 15.7. The summed E-state index contributed by atoms with van der Waals surface area (Å²) < 4.78 is 10.9. The molecule has 0 amide bonds. The van der Waals surface area contributed by atoms with E-state index in [1.54, 1.807) is 14.2 Å². The zero-order valence-corrected chi connectivity index (χ0v) is 16.5. The summed E-state index contributed by atoms with van der Waals surface area (Å²) in [5, 5.41) is 2.34. The number of rotatable bonds is 5. The Labute approximate surface area is 166 Å². The van der Waals surface area contributed by atoms with Crippen LogP contribution in [-0.2, 0) is 6.54 Å². The Hall–Kier alpha value is -2.63. The third-order valence-corrected chi connectivity index (χ3v) is 5.56. The average molecular weight is 377 g/mol. The van der Waals surface area contributed by atoms with Crippen molar-refractivity contribution >= 4 is 10.8 Å². The Morgan fingerprint density at radius 2 is 1.79 bits per heavy atom. The number of fused-ring (bicyclic) bond motifs is 1. The van der Waals surface area contributed by atoms with Gasteiger partial charge in [0.25, 0.3) is 0 Å². The molecule has 0 atom stereocenters. The lowest BCUT2D eigenvalue weighted by Gasteiger charge is -2.30. The first kappa shape index (κ1) is 18.7. The monoisotopic (exact) mass is 377 g/mol. The van der Waals surface area contributed by atoms with Crippen LogP contribution in [0.15, 0.2) is 48.8 Å². The molecular formula is C23H27N3O2. The molecule has 5 heteroatoms. The fourth-order valence-electron chi connectivity index (χ4n) is 3.91. The Morgan fingerprint density at radius 3 is 2.54 bits per heavy atom. The van der Waals surface area contributed by atoms with Gasteiger partial charge in [0.15, 0.2) is 11.5 Å². The zero-order valence-electron chi connectivity index (χ0n) is 16.5. The number of ether oxygens (including phenoxy) is 2. The maximum absolute atomic E-state index is 6.04. The number of likely N-dealkylation sites (tertiary alicyclic amines) is 1. The van der Waals surface area contributed by atoms with Gasteiger partial charge in [-0.1, -0.05) is 18.2 Å². The summed E-state index contributed by atoms with van der Waals surface area (Å²) in [6.45, 7) is 3.09. The molecule has 1 saturated heterocycles. The summed E-state index contributed by atoms with van der Waals surface area (Å²) in [5.74, 6) is 1.45. The van der Waals surface area contributed by atoms with Crippen molar-refractivity contribution in [1.82, 2.24) is 9.88 Å². The van der Waals surface area contributed by atoms with Gasteiger partial charge in [-0.15, -0.1) is 0 Å². The van der Waals surface area contributed by atoms with E-state index in [1.807, 2.05) is 24.5 Å². The van der Waals surface area contributed by atoms with Crippen LogP contribution in [0, 0.1) is 0 Å². The lowest BCUT2D eigenvalue weighted by atomic mass is 9.98. The Kier molecular flexibility index (Phi) is 5.46. The third-order valence-electron chi connectivity index (χ3n) is 5.56. The van der Waals surface area contributed by atoms with Crippen LogP contribution in [0.25, 0.3) is 21.9 Å². The van der Waals surface area contributed by atoms with Gasteiger partial charge in [-0.25, -0.2) is 0 Å². The van der Waals surface area contributed by atoms with Gasteiger partial charge in [0.2, 0.25) is 0 Å². The minimum absolute atomic E-state index is 0.357. The summed E-state index contributed by atoms with van der Waals surface area (Å²) in [5.41, 5.74) is 9.52. The Balaban J connectivity index is 1.69. The molecule has 1 aliphatic rings. The average Bonchev–Trinajstić information content (AvgIpc) is 2.74. The summed E-state index contributed by atoms with van der Waals surface area (Å²) in [6, 6.07) is 13.0. The molecule has 3 aromatic rings. The van der Waals surface area contributed by atoms with Gasteiger partial charge in [0, 0.05) is 35.9 Å². The topological polar surface area (TPSA) is 60.6 Å². The number of pyridine rings is 1. The molecule has 0 saturated carbocycles. The quantitative estimate of drug-likeness (QED) is 0.732. The van der Waals surface area contributed by atoms with Crippen LogP contribution in [0.4, 0.5) is 0 Å². The second-order valence-corrected chi connectivity index (χ2v) is 7.43. The lowest BCUT2D eigenvalue weighted by molar-refractivity contribution is 0.206. The largest absolute Gasteiger partial charge is 0.493 e. The standard InChI is InChI=1S/C23H27N3O2/c1-27-22-6-5-17(12-23(22)28-2)21-14-25-13-18-4-3-16(11-20(18)21)15-26-9-7-19(24)8-10-26/h3-6,11-14,19H,7-10,15,24H2,1-2H3. The van der Waals surface area contributed by atoms with Crippen molar-refractivity contribution in [3.05, 3.63) is 54.4 Å². The predicted octanol–water partition coefficient (Wildman–Crippen LogP) is 3.84. The predicted molar refractivity (Wildman–Crippen MR) is 113 cm³/mol. The lowest BCUT2D eigenvalue weighted by Crippen LogP contribution is -2.39. The SMILES string of the molecule is COc1ccc(-c2cncc3ccc(CN4CCC(N)CC4)cc23)cc1OC. The van der Waals surface area contributed by atoms with Crippen molar-refractivity contribution in [3.8, 4) is 22.6 Å². The van der Waals surface area contributed by atoms with Gasteiger partial charge in [-0.05, 0) is 60.6 Å². The molecule has 2 N–H and O–H groups in total. The van der Waals surface area contributed by atoms with E-state index in [9.17, 15) is 0 Å². The molecule has 146 valence electrons. The number of hydrogen-bond donors (Lipinski definition) is 1. The summed E-state index contributed by atoms with van der Waals surface area (Å²) in [7, 11) is 3.31. The fourth-order valence-corrected chi connectivity index (χ4v) is 3.91. The van der Waals surface area contributed by atoms with Crippen LogP contribution in [0.2, 0.25) is 0 Å². The fraction of sp³-hybridized carbons (Fsp3) is 0.348. The number of benzene rings is 2. The highest BCUT2D eigenvalue weighted by molar-refractivity contribution is 5.96. The minimum Gasteiger partial charge on any atom is -0.493 e. The van der Waals surface area contributed by atoms with Crippen LogP contribution in [0.3, 0.4) is 0 Å². The summed E-state index contributed by atoms with van der Waals surface area (Å²) >= 11 is 0. The van der Waals surface area contributed by atoms with Crippen LogP contribution < -0.4 is 15.2 Å². The van der Waals surface area contributed by atoms with Crippen LogP contribution in [0.5, 0.6) is 11.5 Å². The minimum atomic E-state index is 0.357. The number of nitrogens with two attached hydrogens (primary N) is 1. The third kappa shape index (κ3) is 3.81. The molecule has 2 aromatic carbocycles. The van der Waals surface area contributed by atoms with E-state index in [2.05, 4.69) is 34.1 Å². The first-order valence-corrected chi connectivity index (χ1v) is 9.75. The molecule has 0 unspecified atom stereocenters. The second-order valence-electron chi connectivity index (χ2n) is 7.43. The molecule has 0 aliphatic carbocycles. The van der Waals surface area contributed by atoms with Gasteiger partial charge < -0.3 is 15.2 Å². The van der Waals surface area contributed by atoms with Gasteiger partial charge in [-0.2, -0.15) is 0 Å². The Bertz CT molecular complexity index is 965. The van der Waals surface area contributed by atoms with Crippen molar-refractivity contribution in [2.45, 2.75) is 25.4 Å². The highest BCUT2D eigenvalue weighted by Crippen LogP contribution is 2.35. The van der Waals surface area contributed by atoms with E-state index < -0.39 is 0 Å². The molecule has 0 bridgehead atoms. The molecule has 2 heterocycles. The first-order valence-electron chi connectivity index (χ1n) is 9.75. The molecule has 0 radical (unpaired) electrons. The van der Waals surface area contributed by atoms with Crippen molar-refractivity contribution in [1.29, 1.82) is 0 Å². The summed E-state index contributed by atoms with van der Waals surface area (Å²) in [6.07, 6.45) is 6.00. The molecule has 4 rings (SSSR count). The number of methoxy groups -OCH3 is 2. The maximum atomic E-state index is 6.04. The molecule has 1 aromatic heterocycles. The number of nitrogens with zero attached hydrogens (tertiary/aromatic N) is 2. The van der Waals surface area contributed by atoms with Crippen molar-refractivity contribution in [2.75, 3.05) is 27.3 Å². The molecule has 5 nitrogen and oxygen atoms in total. The molecule has 1 aliphatic heterocycles. The number of piperidine rings is 1. The highest BCUT2D eigenvalue weighted by Gasteiger charge is 2.16. The first-order chi connectivity index (χ1) is 13.7. The molecular weight excluding hydrogens is 350 g/mol. The number of hydrogen-bond acceptors (Lipinski definition) is 5. The van der Waals surface area contributed by atoms with Crippen molar-refractivity contribution in [2.24, 2.45) is 5.73 Å². The maximum Gasteiger partial charge on any atom is 0.161 e. The van der Waals surface area contributed by atoms with Gasteiger partial charge in [0.1, 0.15) is 0 Å². The van der Waals surface area contributed by atoms with Gasteiger partial charge >= 0.3 is 0 Å². The highest BCUT2D eigenvalue weighted by atomic mass is 16.5. The van der Waals surface area contributed by atoms with E-state index in [1.165, 1.54) is 10.9 Å². The number of aromatic nitrogens is 1. The van der Waals surface area contributed by atoms with Crippen LogP contribution >= 0.6 is 0 Å². The van der Waals surface area contributed by atoms with Crippen LogP contribution in [0.1, 0.15) is 18.4 Å². The van der Waals surface area contributed by atoms with Crippen molar-refractivity contribution < 1.29 is 9.47 Å². The van der Waals surface area contributed by atoms with E-state index in [-0.39, 0.29) is 0 Å². The van der Waals surface area contributed by atoms with Crippen molar-refractivity contribution in [3.63, 3.8) is 0 Å². The van der Waals surface area contributed by atoms with Gasteiger partial charge in [0.05, 0.1) is 14.2 Å². The summed E-state index contributed by atoms with van der Waals surface area (Å²) in [4.78, 5) is 6.93. The van der Waals surface area contributed by atoms with E-state index >= 15 is 0 Å². The van der Waals surface area contributed by atoms with E-state index in [4.69, 9.17) is 15.2 Å². The smallest absolute Gasteiger partial charge is 0.161 e. The second kappa shape index (κ2) is 8.17. The van der Waals surface area contributed by atoms with Gasteiger partial charge in [-0.3, -0.25) is 9.88 Å². The van der Waals surface area contributed by atoms with Crippen LogP contribution in [-0.4, -0.2) is 43.2 Å². The molecule has 28 heavy (non-hydrogen) atoms. The zero-order chi connectivity index (χ0) is 19.5. The van der Waals surface area contributed by atoms with E-state index in [0.717, 1.165) is 60.5 Å². The molecule has 0 spiro atoms. The molecule has 1 fully saturated rings. The Morgan fingerprint density at radius 1 is 1.00 bits per heavy atom.